The second kappa shape index (κ2) is 4.44. The van der Waals surface area contributed by atoms with Crippen molar-refractivity contribution >= 4 is 0 Å². The van der Waals surface area contributed by atoms with E-state index >= 15 is 0 Å². The highest BCUT2D eigenvalue weighted by atomic mass is 16.3. The average molecular weight is 194 g/mol. The molecule has 0 spiro atoms. The molecule has 0 saturated carbocycles. The van der Waals surface area contributed by atoms with E-state index < -0.39 is 0 Å². The molecule has 1 aromatic rings. The lowest BCUT2D eigenvalue weighted by molar-refractivity contribution is 0.484. The Hall–Kier alpha value is -1.06. The summed E-state index contributed by atoms with van der Waals surface area (Å²) in [6.07, 6.45) is 0.830. The van der Waals surface area contributed by atoms with Gasteiger partial charge in [0.05, 0.1) is 6.04 Å². The van der Waals surface area contributed by atoms with Crippen LogP contribution in [0.4, 0.5) is 0 Å². The fourth-order valence-electron chi connectivity index (χ4n) is 1.60. The molecule has 0 aliphatic heterocycles. The standard InChI is InChI=1S/C11H18N2O/c1-7(2)5-11(13-12)10-6-8(3)14-9(10)4/h6,11,13H,1,5,12H2,2-4H3. The predicted molar refractivity (Wildman–Crippen MR) is 57.7 cm³/mol. The molecule has 3 heteroatoms. The maximum atomic E-state index is 5.50. The molecular weight excluding hydrogens is 176 g/mol. The van der Waals surface area contributed by atoms with Gasteiger partial charge in [-0.1, -0.05) is 5.57 Å². The molecule has 1 unspecified atom stereocenters. The van der Waals surface area contributed by atoms with Gasteiger partial charge >= 0.3 is 0 Å². The van der Waals surface area contributed by atoms with Gasteiger partial charge < -0.3 is 4.42 Å². The number of furan rings is 1. The van der Waals surface area contributed by atoms with Crippen LogP contribution < -0.4 is 11.3 Å². The van der Waals surface area contributed by atoms with E-state index in [4.69, 9.17) is 10.3 Å². The third-order valence-electron chi connectivity index (χ3n) is 2.21. The fraction of sp³-hybridized carbons (Fsp3) is 0.455. The zero-order valence-corrected chi connectivity index (χ0v) is 9.05. The van der Waals surface area contributed by atoms with Crippen LogP contribution in [0.15, 0.2) is 22.6 Å². The van der Waals surface area contributed by atoms with Crippen molar-refractivity contribution in [2.75, 3.05) is 0 Å². The van der Waals surface area contributed by atoms with Crippen molar-refractivity contribution in [3.63, 3.8) is 0 Å². The van der Waals surface area contributed by atoms with E-state index in [1.165, 1.54) is 0 Å². The molecule has 0 aromatic carbocycles. The smallest absolute Gasteiger partial charge is 0.105 e. The highest BCUT2D eigenvalue weighted by molar-refractivity contribution is 5.25. The number of nitrogens with one attached hydrogen (secondary N) is 1. The average Bonchev–Trinajstić information content (AvgIpc) is 2.41. The van der Waals surface area contributed by atoms with Crippen LogP contribution in [-0.2, 0) is 0 Å². The monoisotopic (exact) mass is 194 g/mol. The molecule has 0 radical (unpaired) electrons. The molecule has 3 N–H and O–H groups in total. The molecule has 1 heterocycles. The van der Waals surface area contributed by atoms with Crippen LogP contribution in [0.1, 0.15) is 36.5 Å². The first-order chi connectivity index (χ1) is 6.54. The van der Waals surface area contributed by atoms with E-state index in [1.54, 1.807) is 0 Å². The molecule has 3 nitrogen and oxygen atoms in total. The quantitative estimate of drug-likeness (QED) is 0.439. The van der Waals surface area contributed by atoms with Gasteiger partial charge in [0.2, 0.25) is 0 Å². The number of nitrogens with two attached hydrogens (primary N) is 1. The van der Waals surface area contributed by atoms with Crippen molar-refractivity contribution in [2.24, 2.45) is 5.84 Å². The number of aryl methyl sites for hydroxylation is 2. The predicted octanol–water partition coefficient (Wildman–Crippen LogP) is 2.37. The van der Waals surface area contributed by atoms with Crippen LogP contribution in [0, 0.1) is 13.8 Å². The van der Waals surface area contributed by atoms with E-state index in [-0.39, 0.29) is 6.04 Å². The van der Waals surface area contributed by atoms with Crippen molar-refractivity contribution in [1.29, 1.82) is 0 Å². The first-order valence-electron chi connectivity index (χ1n) is 4.72. The Morgan fingerprint density at radius 2 is 2.29 bits per heavy atom. The first-order valence-corrected chi connectivity index (χ1v) is 4.72. The van der Waals surface area contributed by atoms with E-state index in [9.17, 15) is 0 Å². The largest absolute Gasteiger partial charge is 0.466 e. The molecule has 0 amide bonds. The first kappa shape index (κ1) is 11.0. The van der Waals surface area contributed by atoms with Gasteiger partial charge in [0.1, 0.15) is 11.5 Å². The Balaban J connectivity index is 2.88. The van der Waals surface area contributed by atoms with Crippen molar-refractivity contribution < 1.29 is 4.42 Å². The van der Waals surface area contributed by atoms with Crippen LogP contribution >= 0.6 is 0 Å². The Bertz CT molecular complexity index is 328. The summed E-state index contributed by atoms with van der Waals surface area (Å²) in [5.74, 6) is 7.34. The van der Waals surface area contributed by atoms with E-state index in [0.29, 0.717) is 0 Å². The summed E-state index contributed by atoms with van der Waals surface area (Å²) in [7, 11) is 0. The van der Waals surface area contributed by atoms with Gasteiger partial charge in [0.15, 0.2) is 0 Å². The lowest BCUT2D eigenvalue weighted by Crippen LogP contribution is -2.28. The maximum Gasteiger partial charge on any atom is 0.105 e. The number of hydrazine groups is 1. The number of hydrogen-bond donors (Lipinski definition) is 2. The Labute approximate surface area is 85.0 Å². The molecule has 78 valence electrons. The van der Waals surface area contributed by atoms with Crippen LogP contribution in [0.3, 0.4) is 0 Å². The van der Waals surface area contributed by atoms with Gasteiger partial charge in [-0.2, -0.15) is 0 Å². The van der Waals surface area contributed by atoms with Gasteiger partial charge in [0.25, 0.3) is 0 Å². The molecule has 1 aromatic heterocycles. The van der Waals surface area contributed by atoms with Crippen molar-refractivity contribution in [2.45, 2.75) is 33.2 Å². The third-order valence-corrected chi connectivity index (χ3v) is 2.21. The van der Waals surface area contributed by atoms with Crippen LogP contribution in [0.25, 0.3) is 0 Å². The number of rotatable bonds is 4. The van der Waals surface area contributed by atoms with Gasteiger partial charge in [-0.25, -0.2) is 0 Å². The lowest BCUT2D eigenvalue weighted by Gasteiger charge is -2.14. The number of hydrogen-bond acceptors (Lipinski definition) is 3. The van der Waals surface area contributed by atoms with E-state index in [2.05, 4.69) is 12.0 Å². The highest BCUT2D eigenvalue weighted by Crippen LogP contribution is 2.25. The molecule has 0 fully saturated rings. The Morgan fingerprint density at radius 1 is 1.64 bits per heavy atom. The molecule has 0 aliphatic rings. The van der Waals surface area contributed by atoms with Crippen molar-refractivity contribution in [1.82, 2.24) is 5.43 Å². The molecule has 1 atom stereocenters. The van der Waals surface area contributed by atoms with E-state index in [0.717, 1.165) is 29.1 Å². The van der Waals surface area contributed by atoms with E-state index in [1.807, 2.05) is 26.8 Å². The van der Waals surface area contributed by atoms with Gasteiger partial charge in [-0.15, -0.1) is 6.58 Å². The molecular formula is C11H18N2O. The summed E-state index contributed by atoms with van der Waals surface area (Å²) in [6.45, 7) is 9.76. The summed E-state index contributed by atoms with van der Waals surface area (Å²) in [5, 5.41) is 0. The molecule has 0 saturated heterocycles. The van der Waals surface area contributed by atoms with Crippen molar-refractivity contribution in [3.05, 3.63) is 35.3 Å². The normalized spacial score (nSPS) is 12.9. The van der Waals surface area contributed by atoms with Gasteiger partial charge in [0, 0.05) is 5.56 Å². The summed E-state index contributed by atoms with van der Waals surface area (Å²) >= 11 is 0. The second-order valence-corrected chi connectivity index (χ2v) is 3.75. The topological polar surface area (TPSA) is 51.2 Å². The molecule has 1 rings (SSSR count). The zero-order valence-electron chi connectivity index (χ0n) is 9.05. The second-order valence-electron chi connectivity index (χ2n) is 3.75. The van der Waals surface area contributed by atoms with Gasteiger partial charge in [-0.3, -0.25) is 11.3 Å². The Kier molecular flexibility index (Phi) is 3.49. The maximum absolute atomic E-state index is 5.50. The Morgan fingerprint density at radius 3 is 2.64 bits per heavy atom. The van der Waals surface area contributed by atoms with Crippen LogP contribution in [-0.4, -0.2) is 0 Å². The summed E-state index contributed by atoms with van der Waals surface area (Å²) in [5.41, 5.74) is 5.00. The zero-order chi connectivity index (χ0) is 10.7. The summed E-state index contributed by atoms with van der Waals surface area (Å²) in [6, 6.07) is 2.12. The minimum absolute atomic E-state index is 0.102. The summed E-state index contributed by atoms with van der Waals surface area (Å²) in [4.78, 5) is 0. The lowest BCUT2D eigenvalue weighted by atomic mass is 10.0. The molecule has 14 heavy (non-hydrogen) atoms. The SMILES string of the molecule is C=C(C)CC(NN)c1cc(C)oc1C. The van der Waals surface area contributed by atoms with Crippen LogP contribution in [0.5, 0.6) is 0 Å². The minimum atomic E-state index is 0.102. The highest BCUT2D eigenvalue weighted by Gasteiger charge is 2.15. The van der Waals surface area contributed by atoms with Crippen molar-refractivity contribution in [3.8, 4) is 0 Å². The van der Waals surface area contributed by atoms with Gasteiger partial charge in [-0.05, 0) is 33.3 Å². The molecule has 0 bridgehead atoms. The molecule has 0 aliphatic carbocycles. The third kappa shape index (κ3) is 2.47. The minimum Gasteiger partial charge on any atom is -0.466 e. The van der Waals surface area contributed by atoms with Crippen LogP contribution in [0.2, 0.25) is 0 Å². The fourth-order valence-corrected chi connectivity index (χ4v) is 1.60. The summed E-state index contributed by atoms with van der Waals surface area (Å²) < 4.78 is 5.45.